The summed E-state index contributed by atoms with van der Waals surface area (Å²) in [5, 5.41) is 2.96. The average Bonchev–Trinajstić information content (AvgIpc) is 2.75. The van der Waals surface area contributed by atoms with E-state index in [1.165, 1.54) is 6.26 Å². The molecular formula is C15H28N2O3S. The Bertz CT molecular complexity index is 511. The van der Waals surface area contributed by atoms with Gasteiger partial charge in [-0.3, -0.25) is 0 Å². The first kappa shape index (κ1) is 16.6. The maximum Gasteiger partial charge on any atom is 0.317 e. The summed E-state index contributed by atoms with van der Waals surface area (Å²) < 4.78 is 22.5. The van der Waals surface area contributed by atoms with Gasteiger partial charge in [-0.2, -0.15) is 0 Å². The van der Waals surface area contributed by atoms with Crippen molar-refractivity contribution in [2.45, 2.75) is 34.1 Å². The fraction of sp³-hybridized carbons (Fsp3) is 0.933. The van der Waals surface area contributed by atoms with Crippen molar-refractivity contribution in [1.82, 2.24) is 10.2 Å². The first-order valence-corrected chi connectivity index (χ1v) is 9.69. The van der Waals surface area contributed by atoms with Crippen molar-refractivity contribution in [3.8, 4) is 0 Å². The molecular weight excluding hydrogens is 288 g/mol. The van der Waals surface area contributed by atoms with Crippen LogP contribution >= 0.6 is 0 Å². The summed E-state index contributed by atoms with van der Waals surface area (Å²) in [6.07, 6.45) is 1.81. The van der Waals surface area contributed by atoms with Crippen LogP contribution in [0, 0.1) is 22.7 Å². The van der Waals surface area contributed by atoms with Gasteiger partial charge in [-0.25, -0.2) is 13.2 Å². The van der Waals surface area contributed by atoms with Gasteiger partial charge < -0.3 is 10.2 Å². The van der Waals surface area contributed by atoms with E-state index in [1.807, 2.05) is 18.7 Å². The minimum absolute atomic E-state index is 0.00886. The van der Waals surface area contributed by atoms with Crippen LogP contribution in [0.2, 0.25) is 0 Å². The van der Waals surface area contributed by atoms with E-state index in [0.29, 0.717) is 30.2 Å². The van der Waals surface area contributed by atoms with Crippen molar-refractivity contribution in [2.75, 3.05) is 31.6 Å². The normalized spacial score (nSPS) is 27.4. The summed E-state index contributed by atoms with van der Waals surface area (Å²) in [6, 6.07) is -0.00886. The second-order valence-electron chi connectivity index (χ2n) is 8.14. The van der Waals surface area contributed by atoms with Crippen molar-refractivity contribution in [1.29, 1.82) is 0 Å². The number of likely N-dealkylation sites (tertiary alicyclic amines) is 1. The molecule has 0 bridgehead atoms. The highest BCUT2D eigenvalue weighted by Crippen LogP contribution is 2.61. The van der Waals surface area contributed by atoms with Gasteiger partial charge in [-0.05, 0) is 29.1 Å². The smallest absolute Gasteiger partial charge is 0.317 e. The minimum Gasteiger partial charge on any atom is -0.337 e. The largest absolute Gasteiger partial charge is 0.337 e. The zero-order valence-corrected chi connectivity index (χ0v) is 14.6. The number of rotatable bonds is 5. The number of urea groups is 1. The summed E-state index contributed by atoms with van der Waals surface area (Å²) in [7, 11) is -2.95. The topological polar surface area (TPSA) is 66.5 Å². The molecule has 2 aliphatic rings. The molecule has 0 aromatic rings. The molecule has 0 spiro atoms. The molecule has 1 aliphatic heterocycles. The Hall–Kier alpha value is -0.780. The van der Waals surface area contributed by atoms with Crippen molar-refractivity contribution in [3.63, 3.8) is 0 Å². The first-order valence-electron chi connectivity index (χ1n) is 7.63. The summed E-state index contributed by atoms with van der Waals surface area (Å²) in [6.45, 7) is 10.7. The Kier molecular flexibility index (Phi) is 4.06. The highest BCUT2D eigenvalue weighted by molar-refractivity contribution is 7.90. The van der Waals surface area contributed by atoms with Crippen LogP contribution < -0.4 is 5.32 Å². The Morgan fingerprint density at radius 1 is 1.29 bits per heavy atom. The van der Waals surface area contributed by atoms with Crippen LogP contribution in [0.5, 0.6) is 0 Å². The Morgan fingerprint density at radius 2 is 1.81 bits per heavy atom. The van der Waals surface area contributed by atoms with E-state index in [1.54, 1.807) is 0 Å². The third-order valence-electron chi connectivity index (χ3n) is 5.28. The van der Waals surface area contributed by atoms with Gasteiger partial charge in [-0.15, -0.1) is 0 Å². The van der Waals surface area contributed by atoms with E-state index in [0.717, 1.165) is 13.1 Å². The van der Waals surface area contributed by atoms with Crippen LogP contribution in [-0.2, 0) is 9.84 Å². The van der Waals surface area contributed by atoms with Crippen molar-refractivity contribution >= 4 is 15.9 Å². The molecule has 1 heterocycles. The minimum atomic E-state index is -2.95. The predicted molar refractivity (Wildman–Crippen MR) is 83.8 cm³/mol. The molecule has 122 valence electrons. The van der Waals surface area contributed by atoms with Gasteiger partial charge in [0, 0.05) is 25.9 Å². The molecule has 1 saturated heterocycles. The second-order valence-corrected chi connectivity index (χ2v) is 10.4. The van der Waals surface area contributed by atoms with E-state index < -0.39 is 9.84 Å². The zero-order chi connectivity index (χ0) is 16.1. The molecule has 5 nitrogen and oxygen atoms in total. The maximum atomic E-state index is 12.2. The van der Waals surface area contributed by atoms with Gasteiger partial charge in [0.25, 0.3) is 0 Å². The number of carbonyl (C=O) groups excluding carboxylic acids is 1. The third-order valence-corrected chi connectivity index (χ3v) is 6.22. The molecule has 2 fully saturated rings. The van der Waals surface area contributed by atoms with E-state index in [9.17, 15) is 13.2 Å². The number of piperidine rings is 1. The molecule has 6 heteroatoms. The number of sulfone groups is 1. The number of fused-ring (bicyclic) bond motifs is 1. The third kappa shape index (κ3) is 3.90. The van der Waals surface area contributed by atoms with Gasteiger partial charge in [0.15, 0.2) is 0 Å². The number of hydrogen-bond donors (Lipinski definition) is 1. The fourth-order valence-corrected chi connectivity index (χ4v) is 4.20. The van der Waals surface area contributed by atoms with E-state index in [4.69, 9.17) is 0 Å². The number of carbonyl (C=O) groups is 1. The first-order chi connectivity index (χ1) is 9.42. The highest BCUT2D eigenvalue weighted by Gasteiger charge is 2.62. The molecule has 2 rings (SSSR count). The van der Waals surface area contributed by atoms with Gasteiger partial charge >= 0.3 is 6.03 Å². The number of nitrogens with zero attached hydrogens (tertiary/aromatic N) is 1. The molecule has 1 N–H and O–H groups in total. The van der Waals surface area contributed by atoms with Crippen LogP contribution in [-0.4, -0.2) is 51.0 Å². The van der Waals surface area contributed by atoms with Gasteiger partial charge in [0.1, 0.15) is 9.84 Å². The molecule has 0 aromatic carbocycles. The lowest BCUT2D eigenvalue weighted by molar-refractivity contribution is 0.190. The predicted octanol–water partition coefficient (Wildman–Crippen LogP) is 1.74. The SMILES string of the molecule is CC(C)(CCS(C)(=O)=O)CNC(=O)N1CC2C(C1)C2(C)C. The maximum absolute atomic E-state index is 12.2. The lowest BCUT2D eigenvalue weighted by atomic mass is 9.90. The number of amides is 2. The molecule has 21 heavy (non-hydrogen) atoms. The lowest BCUT2D eigenvalue weighted by Crippen LogP contribution is -2.44. The Labute approximate surface area is 128 Å². The van der Waals surface area contributed by atoms with Crippen LogP contribution in [0.1, 0.15) is 34.1 Å². The monoisotopic (exact) mass is 316 g/mol. The zero-order valence-electron chi connectivity index (χ0n) is 13.8. The molecule has 1 aliphatic carbocycles. The molecule has 1 saturated carbocycles. The Morgan fingerprint density at radius 3 is 2.29 bits per heavy atom. The summed E-state index contributed by atoms with van der Waals surface area (Å²) in [5.74, 6) is 1.47. The van der Waals surface area contributed by atoms with Crippen molar-refractivity contribution < 1.29 is 13.2 Å². The molecule has 2 atom stereocenters. The number of nitrogens with one attached hydrogen (secondary N) is 1. The Balaban J connectivity index is 1.74. The van der Waals surface area contributed by atoms with Gasteiger partial charge in [-0.1, -0.05) is 27.7 Å². The van der Waals surface area contributed by atoms with Gasteiger partial charge in [0.05, 0.1) is 5.75 Å². The fourth-order valence-electron chi connectivity index (χ4n) is 3.27. The number of hydrogen-bond acceptors (Lipinski definition) is 3. The summed E-state index contributed by atoms with van der Waals surface area (Å²) in [5.41, 5.74) is 0.201. The van der Waals surface area contributed by atoms with Crippen LogP contribution in [0.4, 0.5) is 4.79 Å². The standard InChI is InChI=1S/C15H28N2O3S/c1-14(2,6-7-21(5,19)20)10-16-13(18)17-8-11-12(9-17)15(11,3)4/h11-12H,6-10H2,1-5H3,(H,16,18). The van der Waals surface area contributed by atoms with Gasteiger partial charge in [0.2, 0.25) is 0 Å². The van der Waals surface area contributed by atoms with E-state index >= 15 is 0 Å². The summed E-state index contributed by atoms with van der Waals surface area (Å²) in [4.78, 5) is 14.1. The molecule has 2 amide bonds. The average molecular weight is 316 g/mol. The van der Waals surface area contributed by atoms with Crippen LogP contribution in [0.3, 0.4) is 0 Å². The molecule has 2 unspecified atom stereocenters. The quantitative estimate of drug-likeness (QED) is 0.840. The lowest BCUT2D eigenvalue weighted by Gasteiger charge is -2.28. The van der Waals surface area contributed by atoms with E-state index in [2.05, 4.69) is 19.2 Å². The molecule has 0 aromatic heterocycles. The highest BCUT2D eigenvalue weighted by atomic mass is 32.2. The van der Waals surface area contributed by atoms with Crippen molar-refractivity contribution in [2.24, 2.45) is 22.7 Å². The van der Waals surface area contributed by atoms with Crippen LogP contribution in [0.25, 0.3) is 0 Å². The van der Waals surface area contributed by atoms with Crippen LogP contribution in [0.15, 0.2) is 0 Å². The van der Waals surface area contributed by atoms with E-state index in [-0.39, 0.29) is 17.2 Å². The van der Waals surface area contributed by atoms with Crippen molar-refractivity contribution in [3.05, 3.63) is 0 Å². The molecule has 0 radical (unpaired) electrons. The second kappa shape index (κ2) is 5.14. The summed E-state index contributed by atoms with van der Waals surface area (Å²) >= 11 is 0.